The second-order valence-electron chi connectivity index (χ2n) is 11.0. The number of piperidine rings is 1. The van der Waals surface area contributed by atoms with Crippen LogP contribution in [0.25, 0.3) is 0 Å². The number of rotatable bonds is 2. The first-order valence-electron chi connectivity index (χ1n) is 12.5. The Labute approximate surface area is 236 Å². The van der Waals surface area contributed by atoms with Crippen LogP contribution >= 0.6 is 23.2 Å². The third-order valence-corrected chi connectivity index (χ3v) is 7.75. The molecule has 5 rings (SSSR count). The van der Waals surface area contributed by atoms with Crippen molar-refractivity contribution in [2.45, 2.75) is 57.1 Å². The average Bonchev–Trinajstić information content (AvgIpc) is 3.08. The van der Waals surface area contributed by atoms with E-state index < -0.39 is 40.8 Å². The Kier molecular flexibility index (Phi) is 6.72. The molecule has 2 heterocycles. The number of benzene rings is 3. The first kappa shape index (κ1) is 27.2. The lowest BCUT2D eigenvalue weighted by molar-refractivity contribution is -0.132. The molecule has 1 N–H and O–H groups in total. The largest absolute Gasteiger partial charge is 0.443 e. The van der Waals surface area contributed by atoms with Gasteiger partial charge < -0.3 is 10.1 Å². The van der Waals surface area contributed by atoms with Gasteiger partial charge >= 0.3 is 6.09 Å². The highest BCUT2D eigenvalue weighted by atomic mass is 35.5. The molecule has 0 radical (unpaired) electrons. The van der Waals surface area contributed by atoms with Crippen LogP contribution in [0.3, 0.4) is 0 Å². The van der Waals surface area contributed by atoms with E-state index in [0.717, 1.165) is 4.90 Å². The normalized spacial score (nSPS) is 22.6. The standard InChI is InChI=1S/C30H27Cl2FN2O4/c1-16-8-10-20(33)14-21(16)26-30(23(15-25(36)34-26)17-6-5-7-18(31)12-17)22-11-9-19(32)13-24(22)35(27(30)37)28(38)39-29(2,3)4/h5-14,23,26H,15H2,1-4H3,(H,34,36)/t23-,26+,30-/m0/s1. The molecule has 9 heteroatoms. The second-order valence-corrected chi connectivity index (χ2v) is 11.8. The van der Waals surface area contributed by atoms with E-state index in [4.69, 9.17) is 27.9 Å². The van der Waals surface area contributed by atoms with E-state index in [1.807, 2.05) is 0 Å². The SMILES string of the molecule is Cc1ccc(F)cc1[C@H]1NC(=O)C[C@@H](c2cccc(Cl)c2)[C@]12C(=O)N(C(=O)OC(C)(C)C)c1cc(Cl)ccc12. The van der Waals surface area contributed by atoms with Gasteiger partial charge in [-0.05, 0) is 86.3 Å². The van der Waals surface area contributed by atoms with E-state index in [-0.39, 0.29) is 18.0 Å². The Morgan fingerprint density at radius 2 is 1.77 bits per heavy atom. The van der Waals surface area contributed by atoms with Crippen molar-refractivity contribution < 1.29 is 23.5 Å². The van der Waals surface area contributed by atoms with Gasteiger partial charge in [0.1, 0.15) is 16.8 Å². The van der Waals surface area contributed by atoms with Crippen LogP contribution < -0.4 is 10.2 Å². The number of hydrogen-bond donors (Lipinski definition) is 1. The second kappa shape index (κ2) is 9.65. The Hall–Kier alpha value is -3.42. The molecule has 3 amide bonds. The molecule has 0 unspecified atom stereocenters. The summed E-state index contributed by atoms with van der Waals surface area (Å²) >= 11 is 12.7. The van der Waals surface area contributed by atoms with Crippen LogP contribution in [0.5, 0.6) is 0 Å². The van der Waals surface area contributed by atoms with Crippen molar-refractivity contribution in [1.82, 2.24) is 5.32 Å². The van der Waals surface area contributed by atoms with Crippen molar-refractivity contribution in [1.29, 1.82) is 0 Å². The number of carbonyl (C=O) groups excluding carboxylic acids is 3. The molecule has 0 bridgehead atoms. The Morgan fingerprint density at radius 3 is 2.46 bits per heavy atom. The van der Waals surface area contributed by atoms with Gasteiger partial charge in [-0.1, -0.05) is 47.5 Å². The lowest BCUT2D eigenvalue weighted by Crippen LogP contribution is -2.59. The maximum atomic E-state index is 14.8. The monoisotopic (exact) mass is 568 g/mol. The molecule has 3 aromatic rings. The average molecular weight is 569 g/mol. The van der Waals surface area contributed by atoms with Gasteiger partial charge in [0.25, 0.3) is 0 Å². The van der Waals surface area contributed by atoms with Crippen molar-refractivity contribution in [3.63, 3.8) is 0 Å². The summed E-state index contributed by atoms with van der Waals surface area (Å²) < 4.78 is 20.3. The smallest absolute Gasteiger partial charge is 0.421 e. The fourth-order valence-corrected chi connectivity index (χ4v) is 6.15. The number of aryl methyl sites for hydroxylation is 1. The highest BCUT2D eigenvalue weighted by molar-refractivity contribution is 6.32. The van der Waals surface area contributed by atoms with E-state index in [1.54, 1.807) is 70.2 Å². The Morgan fingerprint density at radius 1 is 1.05 bits per heavy atom. The number of anilines is 1. The summed E-state index contributed by atoms with van der Waals surface area (Å²) in [5, 5.41) is 3.71. The highest BCUT2D eigenvalue weighted by Crippen LogP contribution is 2.59. The van der Waals surface area contributed by atoms with Crippen LogP contribution in [0, 0.1) is 12.7 Å². The predicted molar refractivity (Wildman–Crippen MR) is 148 cm³/mol. The third kappa shape index (κ3) is 4.57. The van der Waals surface area contributed by atoms with Crippen molar-refractivity contribution >= 4 is 46.8 Å². The molecular formula is C30H27Cl2FN2O4. The van der Waals surface area contributed by atoms with Crippen LogP contribution in [0.4, 0.5) is 14.9 Å². The number of fused-ring (bicyclic) bond motifs is 2. The molecule has 0 aromatic heterocycles. The minimum absolute atomic E-state index is 0.0683. The molecule has 0 aliphatic carbocycles. The van der Waals surface area contributed by atoms with Crippen LogP contribution in [0.1, 0.15) is 61.4 Å². The Balaban J connectivity index is 1.85. The third-order valence-electron chi connectivity index (χ3n) is 7.28. The molecule has 39 heavy (non-hydrogen) atoms. The lowest BCUT2D eigenvalue weighted by Gasteiger charge is -2.47. The molecule has 2 aliphatic rings. The zero-order chi connectivity index (χ0) is 28.3. The van der Waals surface area contributed by atoms with Gasteiger partial charge in [-0.2, -0.15) is 0 Å². The number of nitrogens with zero attached hydrogens (tertiary/aromatic N) is 1. The van der Waals surface area contributed by atoms with Crippen LogP contribution in [0.15, 0.2) is 60.7 Å². The van der Waals surface area contributed by atoms with E-state index in [1.165, 1.54) is 18.2 Å². The number of hydrogen-bond acceptors (Lipinski definition) is 4. The summed E-state index contributed by atoms with van der Waals surface area (Å²) in [6, 6.07) is 15.0. The first-order chi connectivity index (χ1) is 18.3. The van der Waals surface area contributed by atoms with E-state index in [0.29, 0.717) is 32.3 Å². The number of nitrogens with one attached hydrogen (secondary N) is 1. The van der Waals surface area contributed by atoms with Crippen molar-refractivity contribution in [3.8, 4) is 0 Å². The van der Waals surface area contributed by atoms with Crippen molar-refractivity contribution in [2.24, 2.45) is 0 Å². The summed E-state index contributed by atoms with van der Waals surface area (Å²) in [7, 11) is 0. The van der Waals surface area contributed by atoms with Gasteiger partial charge in [0.2, 0.25) is 11.8 Å². The summed E-state index contributed by atoms with van der Waals surface area (Å²) in [5.41, 5.74) is 0.0233. The summed E-state index contributed by atoms with van der Waals surface area (Å²) in [5.74, 6) is -2.20. The lowest BCUT2D eigenvalue weighted by atomic mass is 9.59. The molecule has 202 valence electrons. The minimum atomic E-state index is -1.55. The number of imide groups is 1. The first-order valence-corrected chi connectivity index (χ1v) is 13.3. The maximum absolute atomic E-state index is 14.8. The van der Waals surface area contributed by atoms with Gasteiger partial charge in [0.05, 0.1) is 11.7 Å². The summed E-state index contributed by atoms with van der Waals surface area (Å²) in [6.45, 7) is 6.89. The molecular weight excluding hydrogens is 542 g/mol. The summed E-state index contributed by atoms with van der Waals surface area (Å²) in [4.78, 5) is 42.6. The molecule has 6 nitrogen and oxygen atoms in total. The minimum Gasteiger partial charge on any atom is -0.443 e. The number of ether oxygens (including phenoxy) is 1. The topological polar surface area (TPSA) is 75.7 Å². The van der Waals surface area contributed by atoms with Crippen molar-refractivity contribution in [2.75, 3.05) is 4.90 Å². The molecule has 1 fully saturated rings. The van der Waals surface area contributed by atoms with Crippen LogP contribution in [0.2, 0.25) is 10.0 Å². The van der Waals surface area contributed by atoms with Gasteiger partial charge in [0, 0.05) is 22.4 Å². The molecule has 1 saturated heterocycles. The Bertz CT molecular complexity index is 1520. The van der Waals surface area contributed by atoms with Crippen LogP contribution in [-0.4, -0.2) is 23.5 Å². The molecule has 3 atom stereocenters. The van der Waals surface area contributed by atoms with Crippen LogP contribution in [-0.2, 0) is 19.7 Å². The fourth-order valence-electron chi connectivity index (χ4n) is 5.78. The number of halogens is 3. The number of amides is 3. The quantitative estimate of drug-likeness (QED) is 0.361. The number of carbonyl (C=O) groups is 3. The van der Waals surface area contributed by atoms with E-state index in [2.05, 4.69) is 5.32 Å². The van der Waals surface area contributed by atoms with E-state index in [9.17, 15) is 18.8 Å². The zero-order valence-corrected chi connectivity index (χ0v) is 23.4. The summed E-state index contributed by atoms with van der Waals surface area (Å²) in [6.07, 6.45) is -0.939. The molecule has 0 saturated carbocycles. The van der Waals surface area contributed by atoms with Gasteiger partial charge in [0.15, 0.2) is 0 Å². The van der Waals surface area contributed by atoms with E-state index >= 15 is 0 Å². The zero-order valence-electron chi connectivity index (χ0n) is 21.8. The molecule has 2 aliphatic heterocycles. The van der Waals surface area contributed by atoms with Gasteiger partial charge in [-0.15, -0.1) is 0 Å². The maximum Gasteiger partial charge on any atom is 0.421 e. The van der Waals surface area contributed by atoms with Gasteiger partial charge in [-0.25, -0.2) is 14.1 Å². The van der Waals surface area contributed by atoms with Crippen molar-refractivity contribution in [3.05, 3.63) is 98.8 Å². The molecule has 1 spiro atoms. The van der Waals surface area contributed by atoms with Gasteiger partial charge in [-0.3, -0.25) is 9.59 Å². The molecule has 3 aromatic carbocycles. The highest BCUT2D eigenvalue weighted by Gasteiger charge is 2.65. The predicted octanol–water partition coefficient (Wildman–Crippen LogP) is 7.01. The fraction of sp³-hybridized carbons (Fsp3) is 0.300.